The van der Waals surface area contributed by atoms with Crippen LogP contribution in [0.5, 0.6) is 11.5 Å². The number of halogens is 1. The molecule has 0 saturated carbocycles. The predicted molar refractivity (Wildman–Crippen MR) is 107 cm³/mol. The zero-order chi connectivity index (χ0) is 20.5. The summed E-state index contributed by atoms with van der Waals surface area (Å²) in [6.07, 6.45) is 3.67. The second-order valence-electron chi connectivity index (χ2n) is 5.74. The summed E-state index contributed by atoms with van der Waals surface area (Å²) >= 11 is 0. The summed E-state index contributed by atoms with van der Waals surface area (Å²) < 4.78 is 24.8. The molecule has 0 unspecified atom stereocenters. The van der Waals surface area contributed by atoms with Crippen LogP contribution in [0.25, 0.3) is 6.08 Å². The molecule has 0 aliphatic carbocycles. The molecule has 0 atom stereocenters. The van der Waals surface area contributed by atoms with Crippen molar-refractivity contribution in [3.8, 4) is 17.6 Å². The number of carbonyl (C=O) groups excluding carboxylic acids is 1. The van der Waals surface area contributed by atoms with Crippen molar-refractivity contribution < 1.29 is 18.7 Å². The summed E-state index contributed by atoms with van der Waals surface area (Å²) in [4.78, 5) is 12.4. The Kier molecular flexibility index (Phi) is 7.35. The first-order valence-electron chi connectivity index (χ1n) is 8.66. The van der Waals surface area contributed by atoms with Gasteiger partial charge in [0.25, 0.3) is 5.91 Å². The first kappa shape index (κ1) is 20.7. The van der Waals surface area contributed by atoms with Crippen LogP contribution in [0.4, 0.5) is 10.1 Å². The van der Waals surface area contributed by atoms with E-state index >= 15 is 0 Å². The highest BCUT2D eigenvalue weighted by Gasteiger charge is 2.15. The molecular formula is C22H21FN2O3. The van der Waals surface area contributed by atoms with Gasteiger partial charge in [-0.25, -0.2) is 4.39 Å². The van der Waals surface area contributed by atoms with Gasteiger partial charge in [-0.2, -0.15) is 5.26 Å². The number of nitrogens with one attached hydrogen (secondary N) is 1. The van der Waals surface area contributed by atoms with Crippen molar-refractivity contribution in [1.29, 1.82) is 5.26 Å². The largest absolute Gasteiger partial charge is 0.493 e. The molecule has 144 valence electrons. The van der Waals surface area contributed by atoms with Crippen LogP contribution >= 0.6 is 0 Å². The minimum absolute atomic E-state index is 0.00488. The second kappa shape index (κ2) is 9.93. The molecule has 0 aliphatic rings. The third-order valence-electron chi connectivity index (χ3n) is 3.83. The molecule has 0 aliphatic heterocycles. The highest BCUT2D eigenvalue weighted by Crippen LogP contribution is 2.34. The molecule has 0 bridgehead atoms. The predicted octanol–water partition coefficient (Wildman–Crippen LogP) is 4.51. The van der Waals surface area contributed by atoms with Crippen molar-refractivity contribution in [2.24, 2.45) is 0 Å². The van der Waals surface area contributed by atoms with E-state index in [1.807, 2.05) is 13.0 Å². The third-order valence-corrected chi connectivity index (χ3v) is 3.83. The maximum atomic E-state index is 13.7. The third kappa shape index (κ3) is 4.98. The second-order valence-corrected chi connectivity index (χ2v) is 5.74. The standard InChI is InChI=1S/C22H21FN2O3/c1-4-8-16-11-15(13-20(27-3)21(16)28-5-2)12-17(14-24)22(26)25-19-10-7-6-9-18(19)23/h4,6-7,9-13H,1,5,8H2,2-3H3,(H,25,26)/b17-12-. The number of para-hydroxylation sites is 1. The fourth-order valence-electron chi connectivity index (χ4n) is 2.60. The van der Waals surface area contributed by atoms with Gasteiger partial charge < -0.3 is 14.8 Å². The van der Waals surface area contributed by atoms with Gasteiger partial charge in [-0.1, -0.05) is 18.2 Å². The number of nitriles is 1. The molecule has 5 nitrogen and oxygen atoms in total. The Morgan fingerprint density at radius 2 is 2.11 bits per heavy atom. The lowest BCUT2D eigenvalue weighted by atomic mass is 10.0. The molecule has 2 aromatic rings. The molecule has 6 heteroatoms. The van der Waals surface area contributed by atoms with E-state index in [-0.39, 0.29) is 11.3 Å². The van der Waals surface area contributed by atoms with E-state index in [0.717, 1.165) is 5.56 Å². The molecule has 2 aromatic carbocycles. The van der Waals surface area contributed by atoms with Crippen LogP contribution in [0.2, 0.25) is 0 Å². The summed E-state index contributed by atoms with van der Waals surface area (Å²) in [6, 6.07) is 11.1. The number of methoxy groups -OCH3 is 1. The maximum Gasteiger partial charge on any atom is 0.266 e. The Bertz CT molecular complexity index is 945. The van der Waals surface area contributed by atoms with E-state index in [4.69, 9.17) is 9.47 Å². The molecular weight excluding hydrogens is 359 g/mol. The summed E-state index contributed by atoms with van der Waals surface area (Å²) in [6.45, 7) is 6.07. The Morgan fingerprint density at radius 1 is 1.36 bits per heavy atom. The average Bonchev–Trinajstić information content (AvgIpc) is 2.69. The fraction of sp³-hybridized carbons (Fsp3) is 0.182. The number of rotatable bonds is 8. The summed E-state index contributed by atoms with van der Waals surface area (Å²) in [7, 11) is 1.51. The Hall–Kier alpha value is -3.59. The zero-order valence-corrected chi connectivity index (χ0v) is 15.8. The lowest BCUT2D eigenvalue weighted by molar-refractivity contribution is -0.112. The van der Waals surface area contributed by atoms with Crippen LogP contribution in [-0.2, 0) is 11.2 Å². The Balaban J connectivity index is 2.41. The highest BCUT2D eigenvalue weighted by molar-refractivity contribution is 6.09. The van der Waals surface area contributed by atoms with Gasteiger partial charge in [-0.05, 0) is 49.2 Å². The quantitative estimate of drug-likeness (QED) is 0.416. The van der Waals surface area contributed by atoms with Crippen LogP contribution in [0, 0.1) is 17.1 Å². The lowest BCUT2D eigenvalue weighted by Gasteiger charge is -2.15. The molecule has 1 N–H and O–H groups in total. The monoisotopic (exact) mass is 380 g/mol. The van der Waals surface area contributed by atoms with Crippen LogP contribution in [0.1, 0.15) is 18.1 Å². The van der Waals surface area contributed by atoms with Crippen LogP contribution in [-0.4, -0.2) is 19.6 Å². The first-order chi connectivity index (χ1) is 13.5. The van der Waals surface area contributed by atoms with Crippen LogP contribution in [0.3, 0.4) is 0 Å². The minimum atomic E-state index is -0.703. The van der Waals surface area contributed by atoms with Gasteiger partial charge in [-0.3, -0.25) is 4.79 Å². The molecule has 0 spiro atoms. The van der Waals surface area contributed by atoms with Crippen molar-refractivity contribution in [3.63, 3.8) is 0 Å². The fourth-order valence-corrected chi connectivity index (χ4v) is 2.60. The van der Waals surface area contributed by atoms with E-state index in [0.29, 0.717) is 30.1 Å². The van der Waals surface area contributed by atoms with Crippen LogP contribution < -0.4 is 14.8 Å². The number of hydrogen-bond donors (Lipinski definition) is 1. The maximum absolute atomic E-state index is 13.7. The zero-order valence-electron chi connectivity index (χ0n) is 15.8. The summed E-state index contributed by atoms with van der Waals surface area (Å²) in [5.74, 6) is -0.203. The SMILES string of the molecule is C=CCc1cc(/C=C(/C#N)C(=O)Nc2ccccc2F)cc(OC)c1OCC. The number of ether oxygens (including phenoxy) is 2. The molecule has 0 saturated heterocycles. The van der Waals surface area contributed by atoms with Gasteiger partial charge in [-0.15, -0.1) is 6.58 Å². The molecule has 1 amide bonds. The highest BCUT2D eigenvalue weighted by atomic mass is 19.1. The van der Waals surface area contributed by atoms with Crippen molar-refractivity contribution >= 4 is 17.7 Å². The van der Waals surface area contributed by atoms with Gasteiger partial charge in [0.1, 0.15) is 17.5 Å². The van der Waals surface area contributed by atoms with Gasteiger partial charge in [0, 0.05) is 5.56 Å². The molecule has 0 aromatic heterocycles. The minimum Gasteiger partial charge on any atom is -0.493 e. The molecule has 0 radical (unpaired) electrons. The molecule has 28 heavy (non-hydrogen) atoms. The van der Waals surface area contributed by atoms with Gasteiger partial charge in [0.2, 0.25) is 0 Å². The van der Waals surface area contributed by atoms with Gasteiger partial charge >= 0.3 is 0 Å². The first-order valence-corrected chi connectivity index (χ1v) is 8.66. The van der Waals surface area contributed by atoms with E-state index in [1.54, 1.807) is 24.3 Å². The molecule has 0 fully saturated rings. The normalized spacial score (nSPS) is 10.7. The molecule has 2 rings (SSSR count). The number of amides is 1. The number of nitrogens with zero attached hydrogens (tertiary/aromatic N) is 1. The van der Waals surface area contributed by atoms with Crippen molar-refractivity contribution in [1.82, 2.24) is 0 Å². The van der Waals surface area contributed by atoms with E-state index < -0.39 is 11.7 Å². The van der Waals surface area contributed by atoms with Crippen molar-refractivity contribution in [3.05, 3.63) is 71.6 Å². The number of hydrogen-bond acceptors (Lipinski definition) is 4. The smallest absolute Gasteiger partial charge is 0.266 e. The Labute approximate surface area is 163 Å². The number of allylic oxidation sites excluding steroid dienone is 1. The van der Waals surface area contributed by atoms with Crippen molar-refractivity contribution in [2.45, 2.75) is 13.3 Å². The number of anilines is 1. The van der Waals surface area contributed by atoms with Gasteiger partial charge in [0.05, 0.1) is 19.4 Å². The average molecular weight is 380 g/mol. The number of carbonyl (C=O) groups is 1. The van der Waals surface area contributed by atoms with E-state index in [9.17, 15) is 14.4 Å². The summed E-state index contributed by atoms with van der Waals surface area (Å²) in [5, 5.41) is 11.8. The van der Waals surface area contributed by atoms with Crippen LogP contribution in [0.15, 0.2) is 54.6 Å². The number of benzene rings is 2. The van der Waals surface area contributed by atoms with Gasteiger partial charge in [0.15, 0.2) is 11.5 Å². The molecule has 0 heterocycles. The van der Waals surface area contributed by atoms with Crippen molar-refractivity contribution in [2.75, 3.05) is 19.0 Å². The topological polar surface area (TPSA) is 71.4 Å². The van der Waals surface area contributed by atoms with E-state index in [2.05, 4.69) is 11.9 Å². The lowest BCUT2D eigenvalue weighted by Crippen LogP contribution is -2.14. The Morgan fingerprint density at radius 3 is 2.71 bits per heavy atom. The van der Waals surface area contributed by atoms with E-state index in [1.165, 1.54) is 31.4 Å². The summed E-state index contributed by atoms with van der Waals surface area (Å²) in [5.41, 5.74) is 1.23.